The highest BCUT2D eigenvalue weighted by Gasteiger charge is 2.54. The third kappa shape index (κ3) is 5.00. The van der Waals surface area contributed by atoms with Crippen molar-refractivity contribution >= 4 is 20.0 Å². The number of nitrogens with zero attached hydrogens (tertiary/aromatic N) is 1. The highest BCUT2D eigenvalue weighted by atomic mass is 32.1. The van der Waals surface area contributed by atoms with Crippen molar-refractivity contribution in [3.63, 3.8) is 0 Å². The maximum absolute atomic E-state index is 13.4. The smallest absolute Gasteiger partial charge is 0.387 e. The van der Waals surface area contributed by atoms with Crippen molar-refractivity contribution in [1.29, 1.82) is 0 Å². The Morgan fingerprint density at radius 3 is 2.55 bits per heavy atom. The number of ether oxygens (including phenoxy) is 1. The molecular formula is C19H21F2N2O8PS. The van der Waals surface area contributed by atoms with E-state index in [0.29, 0.717) is 0 Å². The van der Waals surface area contributed by atoms with E-state index in [4.69, 9.17) is 30.5 Å². The first-order valence-corrected chi connectivity index (χ1v) is 11.7. The zero-order valence-corrected chi connectivity index (χ0v) is 18.9. The van der Waals surface area contributed by atoms with E-state index >= 15 is 0 Å². The molecule has 2 fully saturated rings. The molecule has 4 rings (SSSR count). The number of aromatic amines is 1. The molecule has 0 amide bonds. The van der Waals surface area contributed by atoms with Crippen LogP contribution in [0.2, 0.25) is 0 Å². The van der Waals surface area contributed by atoms with Gasteiger partial charge >= 0.3 is 7.82 Å². The summed E-state index contributed by atoms with van der Waals surface area (Å²) in [6.07, 6.45) is -2.49. The first-order valence-electron chi connectivity index (χ1n) is 9.85. The fourth-order valence-corrected chi connectivity index (χ4v) is 5.22. The average molecular weight is 506 g/mol. The van der Waals surface area contributed by atoms with Gasteiger partial charge in [0.2, 0.25) is 0 Å². The summed E-state index contributed by atoms with van der Waals surface area (Å²) in [4.78, 5) is 13.8. The number of aliphatic hydroxyl groups excluding tert-OH is 1. The van der Waals surface area contributed by atoms with Gasteiger partial charge < -0.3 is 14.9 Å². The Labute approximate surface area is 191 Å². The van der Waals surface area contributed by atoms with Gasteiger partial charge in [-0.3, -0.25) is 27.9 Å². The fraction of sp³-hybridized carbons (Fsp3) is 0.474. The molecule has 0 aliphatic carbocycles. The molecule has 2 aliphatic rings. The number of rotatable bonds is 5. The first-order chi connectivity index (χ1) is 15.5. The van der Waals surface area contributed by atoms with Crippen molar-refractivity contribution < 1.29 is 41.9 Å². The van der Waals surface area contributed by atoms with E-state index in [2.05, 4.69) is 4.98 Å². The predicted octanol–water partition coefficient (Wildman–Crippen LogP) is 2.15. The third-order valence-corrected chi connectivity index (χ3v) is 7.19. The molecule has 1 aromatic heterocycles. The monoisotopic (exact) mass is 506 g/mol. The van der Waals surface area contributed by atoms with Gasteiger partial charge in [-0.05, 0) is 36.8 Å². The van der Waals surface area contributed by atoms with Crippen LogP contribution < -0.4 is 5.56 Å². The average Bonchev–Trinajstić information content (AvgIpc) is 2.96. The maximum atomic E-state index is 13.4. The minimum absolute atomic E-state index is 0.0342. The number of phosphoric ester groups is 1. The second-order valence-electron chi connectivity index (χ2n) is 7.95. The Hall–Kier alpha value is -1.83. The molecule has 0 saturated carbocycles. The summed E-state index contributed by atoms with van der Waals surface area (Å²) < 4.78 is 62.2. The minimum Gasteiger partial charge on any atom is -0.387 e. The normalized spacial score (nSPS) is 34.5. The molecule has 3 N–H and O–H groups in total. The lowest BCUT2D eigenvalue weighted by Gasteiger charge is -2.29. The molecule has 0 radical (unpaired) electrons. The Bertz CT molecular complexity index is 1170. The summed E-state index contributed by atoms with van der Waals surface area (Å²) in [5, 5.41) is 21.3. The highest BCUT2D eigenvalue weighted by Crippen LogP contribution is 2.54. The van der Waals surface area contributed by atoms with Crippen molar-refractivity contribution in [2.75, 3.05) is 19.8 Å². The van der Waals surface area contributed by atoms with Crippen molar-refractivity contribution in [1.82, 2.24) is 9.55 Å². The molecule has 0 bridgehead atoms. The van der Waals surface area contributed by atoms with Crippen LogP contribution in [0.3, 0.4) is 0 Å². The van der Waals surface area contributed by atoms with Crippen LogP contribution in [0.15, 0.2) is 35.3 Å². The van der Waals surface area contributed by atoms with E-state index in [1.165, 1.54) is 23.8 Å². The van der Waals surface area contributed by atoms with Crippen molar-refractivity contribution in [2.45, 2.75) is 36.9 Å². The molecule has 0 spiro atoms. The van der Waals surface area contributed by atoms with Gasteiger partial charge in [0.25, 0.3) is 5.56 Å². The lowest BCUT2D eigenvalue weighted by atomic mass is 9.96. The largest absolute Gasteiger partial charge is 0.474 e. The zero-order chi connectivity index (χ0) is 24.0. The molecule has 10 nitrogen and oxygen atoms in total. The summed E-state index contributed by atoms with van der Waals surface area (Å²) in [6.45, 7) is 0.483. The van der Waals surface area contributed by atoms with E-state index in [-0.39, 0.29) is 23.5 Å². The van der Waals surface area contributed by atoms with Gasteiger partial charge in [-0.15, -0.1) is 0 Å². The van der Waals surface area contributed by atoms with Crippen LogP contribution in [-0.2, 0) is 22.9 Å². The number of aliphatic hydroxyl groups is 2. The number of halogens is 2. The van der Waals surface area contributed by atoms with Gasteiger partial charge in [-0.25, -0.2) is 13.3 Å². The molecule has 33 heavy (non-hydrogen) atoms. The lowest BCUT2D eigenvalue weighted by Crippen LogP contribution is -2.44. The molecule has 14 heteroatoms. The summed E-state index contributed by atoms with van der Waals surface area (Å²) in [5.74, 6) is -2.08. The van der Waals surface area contributed by atoms with Crippen LogP contribution in [-0.4, -0.2) is 57.4 Å². The van der Waals surface area contributed by atoms with Gasteiger partial charge in [0.15, 0.2) is 11.0 Å². The Kier molecular flexibility index (Phi) is 6.69. The second kappa shape index (κ2) is 9.08. The quantitative estimate of drug-likeness (QED) is 0.412. The molecule has 3 heterocycles. The van der Waals surface area contributed by atoms with Gasteiger partial charge in [0.1, 0.15) is 29.4 Å². The molecule has 2 aromatic rings. The van der Waals surface area contributed by atoms with Crippen LogP contribution >= 0.6 is 20.0 Å². The van der Waals surface area contributed by atoms with E-state index in [1.807, 2.05) is 0 Å². The van der Waals surface area contributed by atoms with Crippen molar-refractivity contribution in [2.24, 2.45) is 0 Å². The highest BCUT2D eigenvalue weighted by molar-refractivity contribution is 7.71. The van der Waals surface area contributed by atoms with Gasteiger partial charge in [0, 0.05) is 24.2 Å². The third-order valence-electron chi connectivity index (χ3n) is 5.48. The van der Waals surface area contributed by atoms with Crippen LogP contribution in [0.5, 0.6) is 0 Å². The van der Waals surface area contributed by atoms with E-state index in [1.54, 1.807) is 0 Å². The number of phosphoric acid groups is 1. The van der Waals surface area contributed by atoms with Gasteiger partial charge in [-0.1, -0.05) is 0 Å². The van der Waals surface area contributed by atoms with Gasteiger partial charge in [-0.2, -0.15) is 0 Å². The second-order valence-corrected chi connectivity index (χ2v) is 10.0. The molecule has 1 aromatic carbocycles. The topological polar surface area (TPSA) is 132 Å². The number of hydrogen-bond donors (Lipinski definition) is 3. The summed E-state index contributed by atoms with van der Waals surface area (Å²) in [5.41, 5.74) is -2.00. The summed E-state index contributed by atoms with van der Waals surface area (Å²) in [7, 11) is -4.06. The van der Waals surface area contributed by atoms with Crippen LogP contribution in [0.4, 0.5) is 8.78 Å². The van der Waals surface area contributed by atoms with Crippen molar-refractivity contribution in [3.05, 3.63) is 62.8 Å². The number of aromatic nitrogens is 2. The van der Waals surface area contributed by atoms with Crippen LogP contribution in [0.25, 0.3) is 0 Å². The number of hydrogen-bond acceptors (Lipinski definition) is 9. The fourth-order valence-electron chi connectivity index (χ4n) is 3.68. The number of nitrogens with one attached hydrogen (secondary N) is 1. The first kappa shape index (κ1) is 24.3. The predicted molar refractivity (Wildman–Crippen MR) is 111 cm³/mol. The maximum Gasteiger partial charge on any atom is 0.474 e. The minimum atomic E-state index is -4.06. The van der Waals surface area contributed by atoms with Gasteiger partial charge in [0.05, 0.1) is 19.8 Å². The van der Waals surface area contributed by atoms with Crippen LogP contribution in [0.1, 0.15) is 24.6 Å². The summed E-state index contributed by atoms with van der Waals surface area (Å²) >= 11 is 5.08. The standard InChI is InChI=1S/C19H21F2N2O8PS/c1-19(26)16(25)14(31-17(19)23-3-2-15(24)22-18(23)33)9-30-32(27)28-7-11(8-29-32)10-4-12(20)6-13(21)5-10/h2-6,11,14,16-17,25-26H,7-9H2,1H3,(H,22,24,33)/t11?,14-,16?,17-,19-,32?/m1/s1. The molecule has 4 atom stereocenters. The molecule has 1 unspecified atom stereocenters. The number of benzene rings is 1. The van der Waals surface area contributed by atoms with E-state index in [0.717, 1.165) is 18.2 Å². The molecular weight excluding hydrogens is 485 g/mol. The SMILES string of the molecule is C[C@@]1(O)C(O)[C@@H](COP2(=O)OCC(c3cc(F)cc(F)c3)CO2)O[C@H]1n1ccc(=O)[nH]c1=S. The number of H-pyrrole nitrogens is 1. The summed E-state index contributed by atoms with van der Waals surface area (Å²) in [6, 6.07) is 4.17. The Balaban J connectivity index is 1.40. The Morgan fingerprint density at radius 2 is 1.94 bits per heavy atom. The van der Waals surface area contributed by atoms with E-state index in [9.17, 15) is 28.4 Å². The lowest BCUT2D eigenvalue weighted by molar-refractivity contribution is -0.0980. The van der Waals surface area contributed by atoms with E-state index < -0.39 is 61.6 Å². The Morgan fingerprint density at radius 1 is 1.30 bits per heavy atom. The zero-order valence-electron chi connectivity index (χ0n) is 17.2. The van der Waals surface area contributed by atoms with Crippen molar-refractivity contribution in [3.8, 4) is 0 Å². The molecule has 2 saturated heterocycles. The molecule has 2 aliphatic heterocycles. The molecule has 180 valence electrons. The van der Waals surface area contributed by atoms with Crippen LogP contribution in [0, 0.1) is 16.4 Å².